The van der Waals surface area contributed by atoms with E-state index in [2.05, 4.69) is 23.8 Å². The zero-order valence-corrected chi connectivity index (χ0v) is 8.24. The molecule has 72 valence electrons. The van der Waals surface area contributed by atoms with Crippen LogP contribution in [0, 0.1) is 5.92 Å². The van der Waals surface area contributed by atoms with Crippen molar-refractivity contribution < 1.29 is 0 Å². The van der Waals surface area contributed by atoms with Gasteiger partial charge in [-0.25, -0.2) is 9.78 Å². The molecule has 0 bridgehead atoms. The van der Waals surface area contributed by atoms with Crippen LogP contribution in [0.4, 0.5) is 5.82 Å². The Hall–Kier alpha value is -1.32. The molecule has 0 aliphatic rings. The van der Waals surface area contributed by atoms with Crippen molar-refractivity contribution in [2.75, 3.05) is 18.5 Å². The summed E-state index contributed by atoms with van der Waals surface area (Å²) >= 11 is 0. The summed E-state index contributed by atoms with van der Waals surface area (Å²) < 4.78 is 0. The van der Waals surface area contributed by atoms with Gasteiger partial charge in [-0.2, -0.15) is 0 Å². The van der Waals surface area contributed by atoms with E-state index < -0.39 is 0 Å². The normalized spacial score (nSPS) is 10.5. The first-order valence-electron chi connectivity index (χ1n) is 4.36. The number of anilines is 1. The molecular formula is C9H15N3O. The Morgan fingerprint density at radius 1 is 1.62 bits per heavy atom. The molecule has 0 saturated heterocycles. The maximum Gasteiger partial charge on any atom is 0.346 e. The third-order valence-corrected chi connectivity index (χ3v) is 1.71. The van der Waals surface area contributed by atoms with E-state index in [1.54, 1.807) is 6.07 Å². The summed E-state index contributed by atoms with van der Waals surface area (Å²) in [5.74, 6) is 1.38. The molecule has 0 aromatic carbocycles. The van der Waals surface area contributed by atoms with Gasteiger partial charge in [0.1, 0.15) is 5.82 Å². The first-order chi connectivity index (χ1) is 6.09. The molecular weight excluding hydrogens is 166 g/mol. The van der Waals surface area contributed by atoms with Gasteiger partial charge in [-0.05, 0) is 12.0 Å². The number of H-pyrrole nitrogens is 1. The number of hydrogen-bond acceptors (Lipinski definition) is 3. The van der Waals surface area contributed by atoms with Gasteiger partial charge in [0, 0.05) is 19.8 Å². The summed E-state index contributed by atoms with van der Waals surface area (Å²) in [6.07, 6.45) is 1.52. The average Bonchev–Trinajstić information content (AvgIpc) is 2.03. The minimum absolute atomic E-state index is 0.298. The van der Waals surface area contributed by atoms with E-state index in [1.165, 1.54) is 6.20 Å². The molecule has 0 aliphatic carbocycles. The second-order valence-corrected chi connectivity index (χ2v) is 3.53. The summed E-state index contributed by atoms with van der Waals surface area (Å²) in [5, 5.41) is 0. The highest BCUT2D eigenvalue weighted by Crippen LogP contribution is 2.06. The van der Waals surface area contributed by atoms with Gasteiger partial charge in [-0.1, -0.05) is 13.8 Å². The number of aromatic amines is 1. The van der Waals surface area contributed by atoms with Gasteiger partial charge in [-0.15, -0.1) is 0 Å². The van der Waals surface area contributed by atoms with Crippen molar-refractivity contribution >= 4 is 5.82 Å². The number of nitrogens with zero attached hydrogens (tertiary/aromatic N) is 2. The van der Waals surface area contributed by atoms with Gasteiger partial charge in [-0.3, -0.25) is 4.98 Å². The topological polar surface area (TPSA) is 49.0 Å². The lowest BCUT2D eigenvalue weighted by Gasteiger charge is -2.20. The molecule has 1 aromatic rings. The predicted molar refractivity (Wildman–Crippen MR) is 53.0 cm³/mol. The molecule has 1 N–H and O–H groups in total. The molecule has 0 spiro atoms. The number of aromatic nitrogens is 2. The molecule has 0 radical (unpaired) electrons. The Bertz CT molecular complexity index is 319. The van der Waals surface area contributed by atoms with E-state index in [4.69, 9.17) is 0 Å². The van der Waals surface area contributed by atoms with Crippen molar-refractivity contribution in [2.24, 2.45) is 5.92 Å². The fourth-order valence-corrected chi connectivity index (χ4v) is 1.23. The lowest BCUT2D eigenvalue weighted by Crippen LogP contribution is -2.25. The van der Waals surface area contributed by atoms with Crippen LogP contribution in [0.5, 0.6) is 0 Å². The van der Waals surface area contributed by atoms with Crippen LogP contribution in [0.2, 0.25) is 0 Å². The van der Waals surface area contributed by atoms with Gasteiger partial charge in [0.15, 0.2) is 0 Å². The van der Waals surface area contributed by atoms with Gasteiger partial charge in [0.25, 0.3) is 0 Å². The summed E-state index contributed by atoms with van der Waals surface area (Å²) in [7, 11) is 1.95. The maximum absolute atomic E-state index is 10.9. The third kappa shape index (κ3) is 2.89. The molecule has 1 rings (SSSR count). The Kier molecular flexibility index (Phi) is 3.06. The van der Waals surface area contributed by atoms with E-state index >= 15 is 0 Å². The van der Waals surface area contributed by atoms with Crippen molar-refractivity contribution in [2.45, 2.75) is 13.8 Å². The minimum atomic E-state index is -0.298. The minimum Gasteiger partial charge on any atom is -0.361 e. The first-order valence-corrected chi connectivity index (χ1v) is 4.36. The average molecular weight is 181 g/mol. The molecule has 1 heterocycles. The van der Waals surface area contributed by atoms with E-state index in [9.17, 15) is 4.79 Å². The smallest absolute Gasteiger partial charge is 0.346 e. The van der Waals surface area contributed by atoms with Crippen molar-refractivity contribution in [3.63, 3.8) is 0 Å². The van der Waals surface area contributed by atoms with Crippen LogP contribution in [0.15, 0.2) is 17.1 Å². The molecule has 4 heteroatoms. The highest BCUT2D eigenvalue weighted by molar-refractivity contribution is 5.34. The highest BCUT2D eigenvalue weighted by Gasteiger charge is 2.03. The SMILES string of the molecule is CC(C)CN(C)c1ccnc(=O)[nH]1. The van der Waals surface area contributed by atoms with E-state index in [0.29, 0.717) is 5.92 Å². The monoisotopic (exact) mass is 181 g/mol. The highest BCUT2D eigenvalue weighted by atomic mass is 16.1. The molecule has 0 saturated carbocycles. The standard InChI is InChI=1S/C9H15N3O/c1-7(2)6-12(3)8-4-5-10-9(13)11-8/h4-5,7H,6H2,1-3H3,(H,10,11,13). The van der Waals surface area contributed by atoms with Crippen molar-refractivity contribution in [1.29, 1.82) is 0 Å². The fourth-order valence-electron chi connectivity index (χ4n) is 1.23. The number of nitrogens with one attached hydrogen (secondary N) is 1. The zero-order valence-electron chi connectivity index (χ0n) is 8.24. The predicted octanol–water partition coefficient (Wildman–Crippen LogP) is 0.862. The van der Waals surface area contributed by atoms with Crippen molar-refractivity contribution in [1.82, 2.24) is 9.97 Å². The quantitative estimate of drug-likeness (QED) is 0.752. The van der Waals surface area contributed by atoms with Gasteiger partial charge in [0.05, 0.1) is 0 Å². The van der Waals surface area contributed by atoms with E-state index in [1.807, 2.05) is 11.9 Å². The van der Waals surface area contributed by atoms with Crippen LogP contribution in [-0.4, -0.2) is 23.6 Å². The fraction of sp³-hybridized carbons (Fsp3) is 0.556. The van der Waals surface area contributed by atoms with Crippen LogP contribution < -0.4 is 10.6 Å². The molecule has 4 nitrogen and oxygen atoms in total. The van der Waals surface area contributed by atoms with Gasteiger partial charge in [0.2, 0.25) is 0 Å². The molecule has 0 fully saturated rings. The van der Waals surface area contributed by atoms with Gasteiger partial charge >= 0.3 is 5.69 Å². The Morgan fingerprint density at radius 3 is 2.85 bits per heavy atom. The third-order valence-electron chi connectivity index (χ3n) is 1.71. The first kappa shape index (κ1) is 9.77. The molecule has 0 unspecified atom stereocenters. The Labute approximate surface area is 77.6 Å². The van der Waals surface area contributed by atoms with Crippen LogP contribution in [-0.2, 0) is 0 Å². The molecule has 0 amide bonds. The Balaban J connectivity index is 2.77. The molecule has 0 atom stereocenters. The largest absolute Gasteiger partial charge is 0.361 e. The molecule has 1 aromatic heterocycles. The van der Waals surface area contributed by atoms with Gasteiger partial charge < -0.3 is 4.90 Å². The maximum atomic E-state index is 10.9. The summed E-state index contributed by atoms with van der Waals surface area (Å²) in [5.41, 5.74) is -0.298. The van der Waals surface area contributed by atoms with Crippen molar-refractivity contribution in [3.8, 4) is 0 Å². The summed E-state index contributed by atoms with van der Waals surface area (Å²) in [6, 6.07) is 1.80. The Morgan fingerprint density at radius 2 is 2.31 bits per heavy atom. The second kappa shape index (κ2) is 4.07. The zero-order chi connectivity index (χ0) is 9.84. The number of rotatable bonds is 3. The molecule has 13 heavy (non-hydrogen) atoms. The van der Waals surface area contributed by atoms with Crippen molar-refractivity contribution in [3.05, 3.63) is 22.7 Å². The second-order valence-electron chi connectivity index (χ2n) is 3.53. The van der Waals surface area contributed by atoms with Crippen LogP contribution in [0.3, 0.4) is 0 Å². The van der Waals surface area contributed by atoms with Crippen LogP contribution >= 0.6 is 0 Å². The summed E-state index contributed by atoms with van der Waals surface area (Å²) in [4.78, 5) is 19.1. The van der Waals surface area contributed by atoms with Crippen LogP contribution in [0.25, 0.3) is 0 Å². The number of hydrogen-bond donors (Lipinski definition) is 1. The molecule has 0 aliphatic heterocycles. The summed E-state index contributed by atoms with van der Waals surface area (Å²) in [6.45, 7) is 5.19. The lowest BCUT2D eigenvalue weighted by atomic mass is 10.2. The van der Waals surface area contributed by atoms with E-state index in [0.717, 1.165) is 12.4 Å². The van der Waals surface area contributed by atoms with E-state index in [-0.39, 0.29) is 5.69 Å². The van der Waals surface area contributed by atoms with Crippen LogP contribution in [0.1, 0.15) is 13.8 Å². The lowest BCUT2D eigenvalue weighted by molar-refractivity contribution is 0.633.